The van der Waals surface area contributed by atoms with Gasteiger partial charge in [-0.2, -0.15) is 0 Å². The molecule has 9 nitrogen and oxygen atoms in total. The van der Waals surface area contributed by atoms with Crippen molar-refractivity contribution in [2.24, 2.45) is 0 Å². The molecule has 0 spiro atoms. The third kappa shape index (κ3) is 6.89. The summed E-state index contributed by atoms with van der Waals surface area (Å²) in [5, 5.41) is 37.8. The molecule has 0 heterocycles. The molecule has 0 aliphatic carbocycles. The third-order valence-corrected chi connectivity index (χ3v) is 2.75. The second-order valence-electron chi connectivity index (χ2n) is 4.28. The van der Waals surface area contributed by atoms with Crippen LogP contribution in [0.4, 0.5) is 0 Å². The Morgan fingerprint density at radius 3 is 1.04 bits per heavy atom. The van der Waals surface area contributed by atoms with Crippen molar-refractivity contribution in [1.29, 1.82) is 0 Å². The van der Waals surface area contributed by atoms with Gasteiger partial charge in [0.05, 0.1) is 23.1 Å². The average molecular weight is 373 g/mol. The van der Waals surface area contributed by atoms with E-state index in [-0.39, 0.29) is 50.8 Å². The maximum absolute atomic E-state index is 10.5. The average Bonchev–Trinajstić information content (AvgIpc) is 2.55. The zero-order chi connectivity index (χ0) is 18.3. The largest absolute Gasteiger partial charge is 2.00 e. The van der Waals surface area contributed by atoms with Crippen LogP contribution in [-0.4, -0.2) is 62.6 Å². The minimum absolute atomic E-state index is 0. The van der Waals surface area contributed by atoms with Crippen LogP contribution < -0.4 is 10.2 Å². The van der Waals surface area contributed by atoms with Crippen molar-refractivity contribution >= 4 is 46.9 Å². The molecule has 10 heteroatoms. The van der Waals surface area contributed by atoms with E-state index in [0.717, 1.165) is 12.1 Å². The zero-order valence-corrected chi connectivity index (χ0v) is 14.6. The first-order valence-corrected chi connectivity index (χ1v) is 6.33. The van der Waals surface area contributed by atoms with Gasteiger partial charge in [-0.15, -0.1) is 0 Å². The molecule has 26 heavy (non-hydrogen) atoms. The second kappa shape index (κ2) is 11.6. The van der Waals surface area contributed by atoms with Gasteiger partial charge in [0.25, 0.3) is 0 Å². The van der Waals surface area contributed by atoms with Crippen molar-refractivity contribution in [3.8, 4) is 0 Å². The van der Waals surface area contributed by atoms with Gasteiger partial charge < -0.3 is 35.5 Å². The van der Waals surface area contributed by atoms with Crippen LogP contribution in [0.2, 0.25) is 0 Å². The fraction of sp³-hybridized carbons (Fsp3) is 0. The summed E-state index contributed by atoms with van der Waals surface area (Å²) in [6, 6.07) is 10.6. The Labute approximate surface area is 163 Å². The molecule has 4 N–H and O–H groups in total. The standard InChI is InChI=1S/2C8H6O4.Mg.H2O/c2*9-7(10)5-3-1-2-4-6(5)8(11)12;;/h2*1-4H,(H,9,10)(H,11,12);;1H2/q;;+2;/p-2. The molecule has 0 radical (unpaired) electrons. The predicted molar refractivity (Wildman–Crippen MR) is 84.8 cm³/mol. The van der Waals surface area contributed by atoms with Gasteiger partial charge in [-0.05, 0) is 12.1 Å². The van der Waals surface area contributed by atoms with Crippen LogP contribution in [0, 0.1) is 0 Å². The molecule has 0 bridgehead atoms. The second-order valence-corrected chi connectivity index (χ2v) is 4.28. The Bertz CT molecular complexity index is 668. The molecule has 0 aliphatic heterocycles. The van der Waals surface area contributed by atoms with Crippen molar-refractivity contribution < 1.29 is 45.1 Å². The van der Waals surface area contributed by atoms with Gasteiger partial charge >= 0.3 is 35.0 Å². The summed E-state index contributed by atoms with van der Waals surface area (Å²) in [6.07, 6.45) is 0. The maximum Gasteiger partial charge on any atom is 2.00 e. The molecule has 0 saturated carbocycles. The molecular weight excluding hydrogens is 360 g/mol. The number of hydrogen-bond acceptors (Lipinski definition) is 6. The molecule has 0 aromatic heterocycles. The first-order valence-electron chi connectivity index (χ1n) is 6.33. The maximum atomic E-state index is 10.5. The first-order chi connectivity index (χ1) is 11.3. The van der Waals surface area contributed by atoms with E-state index in [9.17, 15) is 29.4 Å². The van der Waals surface area contributed by atoms with E-state index in [2.05, 4.69) is 0 Å². The normalized spacial score (nSPS) is 8.62. The monoisotopic (exact) mass is 372 g/mol. The van der Waals surface area contributed by atoms with Crippen molar-refractivity contribution in [3.63, 3.8) is 0 Å². The number of carbonyl (C=O) groups is 4. The van der Waals surface area contributed by atoms with Crippen molar-refractivity contribution in [2.45, 2.75) is 0 Å². The SMILES string of the molecule is O.O=C(O)c1ccccc1C(=O)O.O=C([O-])c1ccccc1C(=O)[O-].[Mg+2]. The van der Waals surface area contributed by atoms with E-state index in [4.69, 9.17) is 10.2 Å². The predicted octanol–water partition coefficient (Wildman–Crippen LogP) is -1.71. The minimum atomic E-state index is -1.52. The topological polar surface area (TPSA) is 186 Å². The molecular formula is C16H12MgO9. The summed E-state index contributed by atoms with van der Waals surface area (Å²) in [4.78, 5) is 41.6. The Kier molecular flexibility index (Phi) is 11.3. The third-order valence-electron chi connectivity index (χ3n) is 2.75. The number of aromatic carboxylic acids is 4. The van der Waals surface area contributed by atoms with Gasteiger partial charge in [0, 0.05) is 11.1 Å². The van der Waals surface area contributed by atoms with Crippen LogP contribution in [0.3, 0.4) is 0 Å². The quantitative estimate of drug-likeness (QED) is 0.593. The van der Waals surface area contributed by atoms with Crippen molar-refractivity contribution in [1.82, 2.24) is 0 Å². The van der Waals surface area contributed by atoms with E-state index in [1.807, 2.05) is 0 Å². The van der Waals surface area contributed by atoms with E-state index in [1.54, 1.807) is 0 Å². The number of carbonyl (C=O) groups excluding carboxylic acids is 2. The molecule has 2 aromatic carbocycles. The van der Waals surface area contributed by atoms with Crippen LogP contribution >= 0.6 is 0 Å². The van der Waals surface area contributed by atoms with Gasteiger partial charge in [-0.3, -0.25) is 0 Å². The number of carboxylic acid groups (broad SMARTS) is 4. The summed E-state index contributed by atoms with van der Waals surface area (Å²) < 4.78 is 0. The summed E-state index contributed by atoms with van der Waals surface area (Å²) in [5.74, 6) is -5.49. The van der Waals surface area contributed by atoms with Crippen LogP contribution in [0.1, 0.15) is 41.4 Å². The van der Waals surface area contributed by atoms with E-state index < -0.39 is 23.9 Å². The Morgan fingerprint density at radius 2 is 0.846 bits per heavy atom. The molecule has 0 aliphatic rings. The summed E-state index contributed by atoms with van der Waals surface area (Å²) in [7, 11) is 0. The summed E-state index contributed by atoms with van der Waals surface area (Å²) in [6.45, 7) is 0. The van der Waals surface area contributed by atoms with E-state index in [0.29, 0.717) is 0 Å². The van der Waals surface area contributed by atoms with Crippen LogP contribution in [0.25, 0.3) is 0 Å². The molecule has 2 rings (SSSR count). The smallest absolute Gasteiger partial charge is 0.545 e. The summed E-state index contributed by atoms with van der Waals surface area (Å²) in [5.41, 5.74) is -1.11. The molecule has 0 unspecified atom stereocenters. The molecule has 0 amide bonds. The molecule has 0 fully saturated rings. The minimum Gasteiger partial charge on any atom is -0.545 e. The van der Waals surface area contributed by atoms with Gasteiger partial charge in [-0.25, -0.2) is 9.59 Å². The van der Waals surface area contributed by atoms with Crippen molar-refractivity contribution in [2.75, 3.05) is 0 Å². The van der Waals surface area contributed by atoms with Crippen LogP contribution in [0.5, 0.6) is 0 Å². The van der Waals surface area contributed by atoms with E-state index >= 15 is 0 Å². The Morgan fingerprint density at radius 1 is 0.615 bits per heavy atom. The molecule has 132 valence electrons. The molecule has 0 atom stereocenters. The number of benzene rings is 2. The summed E-state index contributed by atoms with van der Waals surface area (Å²) >= 11 is 0. The van der Waals surface area contributed by atoms with E-state index in [1.165, 1.54) is 36.4 Å². The van der Waals surface area contributed by atoms with Crippen LogP contribution in [-0.2, 0) is 0 Å². The fourth-order valence-corrected chi connectivity index (χ4v) is 1.70. The van der Waals surface area contributed by atoms with Gasteiger partial charge in [0.15, 0.2) is 0 Å². The van der Waals surface area contributed by atoms with Crippen LogP contribution in [0.15, 0.2) is 48.5 Å². The zero-order valence-electron chi connectivity index (χ0n) is 13.2. The fourth-order valence-electron chi connectivity index (χ4n) is 1.70. The molecule has 0 saturated heterocycles. The first kappa shape index (κ1) is 25.3. The number of carboxylic acids is 4. The van der Waals surface area contributed by atoms with Crippen molar-refractivity contribution in [3.05, 3.63) is 70.8 Å². The number of rotatable bonds is 4. The molecule has 2 aromatic rings. The number of hydrogen-bond donors (Lipinski definition) is 2. The van der Waals surface area contributed by atoms with Gasteiger partial charge in [0.1, 0.15) is 0 Å². The van der Waals surface area contributed by atoms with Gasteiger partial charge in [0.2, 0.25) is 0 Å². The van der Waals surface area contributed by atoms with Gasteiger partial charge in [-0.1, -0.05) is 36.4 Å². The Balaban J connectivity index is 0. The Hall–Kier alpha value is -2.95.